The molecule has 1 aliphatic rings. The minimum Gasteiger partial charge on any atom is -0.370 e. The van der Waals surface area contributed by atoms with Gasteiger partial charge in [0.05, 0.1) is 5.92 Å². The molecule has 1 fully saturated rings. The molecule has 0 saturated heterocycles. The molecule has 20 heavy (non-hydrogen) atoms. The van der Waals surface area contributed by atoms with Gasteiger partial charge in [0.1, 0.15) is 6.10 Å². The molecule has 5 nitrogen and oxygen atoms in total. The molecule has 1 aliphatic carbocycles. The van der Waals surface area contributed by atoms with Crippen molar-refractivity contribution in [3.63, 3.8) is 0 Å². The Bertz CT molecular complexity index is 421. The van der Waals surface area contributed by atoms with E-state index in [-0.39, 0.29) is 17.4 Å². The monoisotopic (exact) mass is 281 g/mol. The van der Waals surface area contributed by atoms with Gasteiger partial charge < -0.3 is 15.0 Å². The molecule has 0 aliphatic heterocycles. The second-order valence-corrected chi connectivity index (χ2v) is 6.90. The molecule has 0 amide bonds. The molecule has 1 heterocycles. The van der Waals surface area contributed by atoms with Crippen LogP contribution in [0.25, 0.3) is 0 Å². The van der Waals surface area contributed by atoms with Crippen LogP contribution < -0.4 is 5.73 Å². The Kier molecular flexibility index (Phi) is 4.81. The molecule has 0 spiro atoms. The lowest BCUT2D eigenvalue weighted by Gasteiger charge is -2.22. The van der Waals surface area contributed by atoms with Crippen molar-refractivity contribution in [1.82, 2.24) is 10.1 Å². The van der Waals surface area contributed by atoms with Crippen molar-refractivity contribution in [2.75, 3.05) is 13.2 Å². The van der Waals surface area contributed by atoms with Gasteiger partial charge in [0.15, 0.2) is 0 Å². The van der Waals surface area contributed by atoms with E-state index in [4.69, 9.17) is 15.0 Å². The number of hydrogen-bond acceptors (Lipinski definition) is 5. The van der Waals surface area contributed by atoms with Crippen LogP contribution in [0.1, 0.15) is 70.7 Å². The molecule has 2 unspecified atom stereocenters. The third kappa shape index (κ3) is 4.03. The molecule has 2 N–H and O–H groups in total. The van der Waals surface area contributed by atoms with Gasteiger partial charge in [0.2, 0.25) is 11.7 Å². The van der Waals surface area contributed by atoms with Gasteiger partial charge in [-0.2, -0.15) is 4.98 Å². The number of ether oxygens (including phenoxy) is 1. The lowest BCUT2D eigenvalue weighted by molar-refractivity contribution is 0.0384. The number of rotatable bonds is 7. The van der Waals surface area contributed by atoms with Crippen LogP contribution in [-0.2, 0) is 4.74 Å². The highest BCUT2D eigenvalue weighted by atomic mass is 16.5. The SMILES string of the molecule is CCOC(c1noc(C(CN)CC(C)(C)C)n1)C1CC1. The van der Waals surface area contributed by atoms with Crippen molar-refractivity contribution in [2.45, 2.75) is 59.0 Å². The molecule has 2 atom stereocenters. The molecule has 1 aromatic heterocycles. The van der Waals surface area contributed by atoms with E-state index in [9.17, 15) is 0 Å². The molecule has 2 rings (SSSR count). The van der Waals surface area contributed by atoms with Crippen molar-refractivity contribution in [3.8, 4) is 0 Å². The van der Waals surface area contributed by atoms with E-state index in [1.165, 1.54) is 12.8 Å². The standard InChI is InChI=1S/C15H27N3O2/c1-5-19-12(10-6-7-10)13-17-14(20-18-13)11(9-16)8-15(2,3)4/h10-12H,5-9,16H2,1-4H3. The summed E-state index contributed by atoms with van der Waals surface area (Å²) >= 11 is 0. The van der Waals surface area contributed by atoms with Crippen LogP contribution in [0.15, 0.2) is 4.52 Å². The summed E-state index contributed by atoms with van der Waals surface area (Å²) in [5.41, 5.74) is 6.06. The molecule has 0 bridgehead atoms. The Morgan fingerprint density at radius 1 is 1.40 bits per heavy atom. The second-order valence-electron chi connectivity index (χ2n) is 6.90. The van der Waals surface area contributed by atoms with E-state index in [1.54, 1.807) is 0 Å². The predicted octanol–water partition coefficient (Wildman–Crippen LogP) is 3.04. The van der Waals surface area contributed by atoms with Crippen LogP contribution in [0.5, 0.6) is 0 Å². The van der Waals surface area contributed by atoms with Gasteiger partial charge in [-0.25, -0.2) is 0 Å². The summed E-state index contributed by atoms with van der Waals surface area (Å²) in [4.78, 5) is 4.56. The normalized spacial score (nSPS) is 19.1. The molecule has 1 saturated carbocycles. The average molecular weight is 281 g/mol. The van der Waals surface area contributed by atoms with Crippen molar-refractivity contribution in [3.05, 3.63) is 11.7 Å². The zero-order valence-electron chi connectivity index (χ0n) is 13.1. The van der Waals surface area contributed by atoms with Gasteiger partial charge in [-0.1, -0.05) is 25.9 Å². The molecule has 5 heteroatoms. The summed E-state index contributed by atoms with van der Waals surface area (Å²) in [5.74, 6) is 2.02. The zero-order valence-corrected chi connectivity index (χ0v) is 13.1. The number of hydrogen-bond donors (Lipinski definition) is 1. The van der Waals surface area contributed by atoms with Gasteiger partial charge in [-0.05, 0) is 37.5 Å². The summed E-state index contributed by atoms with van der Waals surface area (Å²) < 4.78 is 11.2. The van der Waals surface area contributed by atoms with Gasteiger partial charge in [-0.15, -0.1) is 0 Å². The van der Waals surface area contributed by atoms with Crippen LogP contribution in [0.4, 0.5) is 0 Å². The van der Waals surface area contributed by atoms with Gasteiger partial charge in [0, 0.05) is 13.2 Å². The second kappa shape index (κ2) is 6.22. The number of nitrogens with zero attached hydrogens (tertiary/aromatic N) is 2. The Morgan fingerprint density at radius 2 is 2.10 bits per heavy atom. The molecule has 0 aromatic carbocycles. The van der Waals surface area contributed by atoms with E-state index in [2.05, 4.69) is 30.9 Å². The zero-order chi connectivity index (χ0) is 14.8. The maximum absolute atomic E-state index is 5.87. The molecule has 1 aromatic rings. The summed E-state index contributed by atoms with van der Waals surface area (Å²) in [6, 6.07) is 0. The van der Waals surface area contributed by atoms with Gasteiger partial charge in [-0.3, -0.25) is 0 Å². The smallest absolute Gasteiger partial charge is 0.231 e. The van der Waals surface area contributed by atoms with E-state index >= 15 is 0 Å². The number of nitrogens with two attached hydrogens (primary N) is 1. The first-order chi connectivity index (χ1) is 9.44. The third-order valence-electron chi connectivity index (χ3n) is 3.60. The van der Waals surface area contributed by atoms with E-state index in [1.807, 2.05) is 6.92 Å². The first-order valence-corrected chi connectivity index (χ1v) is 7.59. The maximum Gasteiger partial charge on any atom is 0.231 e. The van der Waals surface area contributed by atoms with E-state index in [0.29, 0.717) is 30.8 Å². The highest BCUT2D eigenvalue weighted by Crippen LogP contribution is 2.42. The van der Waals surface area contributed by atoms with Crippen LogP contribution in [0, 0.1) is 11.3 Å². The average Bonchev–Trinajstić information content (AvgIpc) is 3.09. The summed E-state index contributed by atoms with van der Waals surface area (Å²) in [5, 5.41) is 4.13. The van der Waals surface area contributed by atoms with Gasteiger partial charge in [0.25, 0.3) is 0 Å². The minimum atomic E-state index is -0.00874. The lowest BCUT2D eigenvalue weighted by Crippen LogP contribution is -2.20. The Morgan fingerprint density at radius 3 is 2.60 bits per heavy atom. The predicted molar refractivity (Wildman–Crippen MR) is 77.3 cm³/mol. The molecular weight excluding hydrogens is 254 g/mol. The summed E-state index contributed by atoms with van der Waals surface area (Å²) in [6.45, 7) is 9.79. The van der Waals surface area contributed by atoms with Crippen molar-refractivity contribution in [1.29, 1.82) is 0 Å². The fourth-order valence-electron chi connectivity index (χ4n) is 2.54. The summed E-state index contributed by atoms with van der Waals surface area (Å²) in [6.07, 6.45) is 3.31. The molecule has 0 radical (unpaired) electrons. The van der Waals surface area contributed by atoms with Crippen molar-refractivity contribution < 1.29 is 9.26 Å². The highest BCUT2D eigenvalue weighted by molar-refractivity contribution is 5.02. The van der Waals surface area contributed by atoms with Crippen LogP contribution >= 0.6 is 0 Å². The largest absolute Gasteiger partial charge is 0.370 e. The number of aromatic nitrogens is 2. The van der Waals surface area contributed by atoms with Crippen molar-refractivity contribution >= 4 is 0 Å². The van der Waals surface area contributed by atoms with Crippen LogP contribution in [-0.4, -0.2) is 23.3 Å². The molecule has 114 valence electrons. The van der Waals surface area contributed by atoms with Crippen LogP contribution in [0.3, 0.4) is 0 Å². The fraction of sp³-hybridized carbons (Fsp3) is 0.867. The van der Waals surface area contributed by atoms with Crippen LogP contribution in [0.2, 0.25) is 0 Å². The maximum atomic E-state index is 5.87. The Balaban J connectivity index is 2.09. The third-order valence-corrected chi connectivity index (χ3v) is 3.60. The first-order valence-electron chi connectivity index (χ1n) is 7.59. The van der Waals surface area contributed by atoms with Crippen molar-refractivity contribution in [2.24, 2.45) is 17.1 Å². The fourth-order valence-corrected chi connectivity index (χ4v) is 2.54. The Hall–Kier alpha value is -0.940. The molecular formula is C15H27N3O2. The van der Waals surface area contributed by atoms with Gasteiger partial charge >= 0.3 is 0 Å². The lowest BCUT2D eigenvalue weighted by atomic mass is 9.84. The van der Waals surface area contributed by atoms with E-state index < -0.39 is 0 Å². The minimum absolute atomic E-state index is 0.00874. The first kappa shape index (κ1) is 15.4. The highest BCUT2D eigenvalue weighted by Gasteiger charge is 2.36. The Labute approximate surface area is 121 Å². The quantitative estimate of drug-likeness (QED) is 0.831. The summed E-state index contributed by atoms with van der Waals surface area (Å²) in [7, 11) is 0. The topological polar surface area (TPSA) is 74.2 Å². The van der Waals surface area contributed by atoms with E-state index in [0.717, 1.165) is 6.42 Å².